The predicted molar refractivity (Wildman–Crippen MR) is 81.6 cm³/mol. The van der Waals surface area contributed by atoms with E-state index < -0.39 is 0 Å². The Labute approximate surface area is 121 Å². The van der Waals surface area contributed by atoms with Crippen molar-refractivity contribution < 1.29 is 4.74 Å². The molecule has 0 aromatic heterocycles. The van der Waals surface area contributed by atoms with Crippen molar-refractivity contribution in [2.45, 2.75) is 19.1 Å². The van der Waals surface area contributed by atoms with E-state index in [0.717, 1.165) is 19.7 Å². The Balaban J connectivity index is 2.13. The van der Waals surface area contributed by atoms with Gasteiger partial charge in [0.2, 0.25) is 0 Å². The number of fused-ring (bicyclic) bond motifs is 1. The van der Waals surface area contributed by atoms with E-state index in [1.807, 2.05) is 0 Å². The third kappa shape index (κ3) is 2.37. The fraction of sp³-hybridized carbons (Fsp3) is 0.333. The van der Waals surface area contributed by atoms with E-state index >= 15 is 0 Å². The Hall–Kier alpha value is -1.64. The number of benzene rings is 2. The highest BCUT2D eigenvalue weighted by Gasteiger charge is 2.33. The zero-order chi connectivity index (χ0) is 14.0. The molecule has 0 spiro atoms. The van der Waals surface area contributed by atoms with Crippen LogP contribution >= 0.6 is 0 Å². The van der Waals surface area contributed by atoms with Crippen LogP contribution in [0, 0.1) is 0 Å². The van der Waals surface area contributed by atoms with Crippen molar-refractivity contribution >= 4 is 0 Å². The molecular weight excluding hydrogens is 246 g/mol. The first-order chi connectivity index (χ1) is 9.70. The van der Waals surface area contributed by atoms with E-state index in [0.29, 0.717) is 0 Å². The number of hydrogen-bond acceptors (Lipinski definition) is 2. The number of likely N-dealkylation sites (N-methyl/N-ethyl adjacent to an activating group) is 1. The van der Waals surface area contributed by atoms with Gasteiger partial charge in [0.25, 0.3) is 0 Å². The van der Waals surface area contributed by atoms with Crippen molar-refractivity contribution in [3.8, 4) is 0 Å². The van der Waals surface area contributed by atoms with Crippen molar-refractivity contribution in [3.05, 3.63) is 71.3 Å². The highest BCUT2D eigenvalue weighted by Crippen LogP contribution is 2.36. The summed E-state index contributed by atoms with van der Waals surface area (Å²) in [5, 5.41) is 0. The number of rotatable bonds is 1. The minimum absolute atomic E-state index is 0.362. The molecule has 0 N–H and O–H groups in total. The Kier molecular flexibility index (Phi) is 3.60. The molecule has 0 bridgehead atoms. The zero-order valence-corrected chi connectivity index (χ0v) is 12.2. The molecule has 3 rings (SSSR count). The summed E-state index contributed by atoms with van der Waals surface area (Å²) in [4.78, 5) is 2.31. The second-order valence-corrected chi connectivity index (χ2v) is 5.64. The summed E-state index contributed by atoms with van der Waals surface area (Å²) in [6, 6.07) is 19.1. The minimum atomic E-state index is -0.362. The predicted octanol–water partition coefficient (Wildman–Crippen LogP) is 3.41. The summed E-state index contributed by atoms with van der Waals surface area (Å²) in [7, 11) is 2.14. The van der Waals surface area contributed by atoms with Crippen molar-refractivity contribution in [2.75, 3.05) is 20.2 Å². The van der Waals surface area contributed by atoms with Crippen LogP contribution in [0.1, 0.15) is 23.6 Å². The van der Waals surface area contributed by atoms with Crippen molar-refractivity contribution in [2.24, 2.45) is 0 Å². The number of hydrogen-bond donors (Lipinski definition) is 0. The van der Waals surface area contributed by atoms with E-state index in [-0.39, 0.29) is 5.60 Å². The van der Waals surface area contributed by atoms with Crippen molar-refractivity contribution in [3.63, 3.8) is 0 Å². The molecule has 0 aliphatic carbocycles. The molecule has 20 heavy (non-hydrogen) atoms. The van der Waals surface area contributed by atoms with Crippen LogP contribution in [0.15, 0.2) is 54.6 Å². The Morgan fingerprint density at radius 2 is 1.70 bits per heavy atom. The van der Waals surface area contributed by atoms with Gasteiger partial charge in [-0.2, -0.15) is 0 Å². The molecular formula is C18H21NO. The summed E-state index contributed by atoms with van der Waals surface area (Å²) in [6.45, 7) is 4.86. The van der Waals surface area contributed by atoms with Gasteiger partial charge in [-0.3, -0.25) is 4.90 Å². The highest BCUT2D eigenvalue weighted by atomic mass is 16.5. The SMILES string of the molecule is CN1CCO[C@](C)(c2ccccc2)c2ccccc2C1. The summed E-state index contributed by atoms with van der Waals surface area (Å²) in [5.74, 6) is 0. The molecule has 0 amide bonds. The molecule has 0 radical (unpaired) electrons. The maximum Gasteiger partial charge on any atom is 0.116 e. The first-order valence-corrected chi connectivity index (χ1v) is 7.16. The summed E-state index contributed by atoms with van der Waals surface area (Å²) in [6.07, 6.45) is 0. The second-order valence-electron chi connectivity index (χ2n) is 5.64. The Bertz CT molecular complexity index is 581. The van der Waals surface area contributed by atoms with Crippen molar-refractivity contribution in [1.82, 2.24) is 4.90 Å². The summed E-state index contributed by atoms with van der Waals surface area (Å²) >= 11 is 0. The van der Waals surface area contributed by atoms with Crippen LogP contribution < -0.4 is 0 Å². The molecule has 2 aromatic carbocycles. The van der Waals surface area contributed by atoms with Crippen LogP contribution in [-0.2, 0) is 16.9 Å². The van der Waals surface area contributed by atoms with Crippen LogP contribution in [-0.4, -0.2) is 25.1 Å². The molecule has 0 fully saturated rings. The number of ether oxygens (including phenoxy) is 1. The quantitative estimate of drug-likeness (QED) is 0.785. The van der Waals surface area contributed by atoms with Gasteiger partial charge in [0.05, 0.1) is 6.61 Å². The first-order valence-electron chi connectivity index (χ1n) is 7.16. The molecule has 1 atom stereocenters. The third-order valence-electron chi connectivity index (χ3n) is 4.16. The van der Waals surface area contributed by atoms with E-state index in [2.05, 4.69) is 73.5 Å². The largest absolute Gasteiger partial charge is 0.364 e. The average Bonchev–Trinajstić information content (AvgIpc) is 2.47. The molecule has 1 aliphatic rings. The van der Waals surface area contributed by atoms with Crippen LogP contribution in [0.5, 0.6) is 0 Å². The molecule has 1 heterocycles. The molecule has 1 aliphatic heterocycles. The van der Waals surface area contributed by atoms with E-state index in [9.17, 15) is 0 Å². The Morgan fingerprint density at radius 3 is 2.50 bits per heavy atom. The average molecular weight is 267 g/mol. The van der Waals surface area contributed by atoms with Gasteiger partial charge in [0.1, 0.15) is 5.60 Å². The zero-order valence-electron chi connectivity index (χ0n) is 12.2. The van der Waals surface area contributed by atoms with Gasteiger partial charge in [-0.05, 0) is 30.7 Å². The minimum Gasteiger partial charge on any atom is -0.364 e. The van der Waals surface area contributed by atoms with Gasteiger partial charge in [0, 0.05) is 13.1 Å². The molecule has 2 heteroatoms. The lowest BCUT2D eigenvalue weighted by molar-refractivity contribution is -0.0194. The normalized spacial score (nSPS) is 23.7. The summed E-state index contributed by atoms with van der Waals surface area (Å²) < 4.78 is 6.31. The molecule has 2 aromatic rings. The van der Waals surface area contributed by atoms with Crippen LogP contribution in [0.3, 0.4) is 0 Å². The molecule has 0 saturated carbocycles. The van der Waals surface area contributed by atoms with Gasteiger partial charge in [-0.1, -0.05) is 54.6 Å². The van der Waals surface area contributed by atoms with Gasteiger partial charge >= 0.3 is 0 Å². The van der Waals surface area contributed by atoms with Gasteiger partial charge < -0.3 is 4.74 Å². The summed E-state index contributed by atoms with van der Waals surface area (Å²) in [5.41, 5.74) is 3.48. The van der Waals surface area contributed by atoms with Gasteiger partial charge in [-0.15, -0.1) is 0 Å². The van der Waals surface area contributed by atoms with E-state index in [1.165, 1.54) is 16.7 Å². The maximum atomic E-state index is 6.31. The van der Waals surface area contributed by atoms with E-state index in [1.54, 1.807) is 0 Å². The smallest absolute Gasteiger partial charge is 0.116 e. The van der Waals surface area contributed by atoms with Gasteiger partial charge in [-0.25, -0.2) is 0 Å². The lowest BCUT2D eigenvalue weighted by Gasteiger charge is -2.36. The Morgan fingerprint density at radius 1 is 1.00 bits per heavy atom. The van der Waals surface area contributed by atoms with E-state index in [4.69, 9.17) is 4.74 Å². The molecule has 2 nitrogen and oxygen atoms in total. The third-order valence-corrected chi connectivity index (χ3v) is 4.16. The lowest BCUT2D eigenvalue weighted by atomic mass is 9.84. The van der Waals surface area contributed by atoms with Crippen molar-refractivity contribution in [1.29, 1.82) is 0 Å². The van der Waals surface area contributed by atoms with Crippen LogP contribution in [0.2, 0.25) is 0 Å². The fourth-order valence-corrected chi connectivity index (χ4v) is 2.97. The van der Waals surface area contributed by atoms with Crippen LogP contribution in [0.25, 0.3) is 0 Å². The standard InChI is InChI=1S/C18H21NO/c1-18(16-9-4-3-5-10-16)17-11-7-6-8-15(17)14-19(2)12-13-20-18/h3-11H,12-14H2,1-2H3/t18-/m1/s1. The lowest BCUT2D eigenvalue weighted by Crippen LogP contribution is -2.36. The second kappa shape index (κ2) is 5.39. The fourth-order valence-electron chi connectivity index (χ4n) is 2.97. The first kappa shape index (κ1) is 13.3. The highest BCUT2D eigenvalue weighted by molar-refractivity contribution is 5.41. The topological polar surface area (TPSA) is 12.5 Å². The molecule has 0 saturated heterocycles. The maximum absolute atomic E-state index is 6.31. The molecule has 0 unspecified atom stereocenters. The monoisotopic (exact) mass is 267 g/mol. The number of nitrogens with zero attached hydrogens (tertiary/aromatic N) is 1. The van der Waals surface area contributed by atoms with Crippen LogP contribution in [0.4, 0.5) is 0 Å². The van der Waals surface area contributed by atoms with Gasteiger partial charge in [0.15, 0.2) is 0 Å². The molecule has 104 valence electrons.